The minimum atomic E-state index is -4.17. The molecule has 0 aliphatic heterocycles. The fraction of sp³-hybridized carbons (Fsp3) is 0.471. The van der Waals surface area contributed by atoms with E-state index in [0.717, 1.165) is 0 Å². The van der Waals surface area contributed by atoms with E-state index in [9.17, 15) is 18.0 Å². The number of aromatic amines is 1. The molecule has 0 bridgehead atoms. The normalized spacial score (nSPS) is 20.8. The van der Waals surface area contributed by atoms with Crippen LogP contribution in [0.3, 0.4) is 0 Å². The summed E-state index contributed by atoms with van der Waals surface area (Å²) in [6.07, 6.45) is -1.97. The van der Waals surface area contributed by atoms with Gasteiger partial charge in [-0.3, -0.25) is 9.78 Å². The Balaban J connectivity index is 1.99. The Morgan fingerprint density at radius 3 is 2.46 bits per heavy atom. The lowest BCUT2D eigenvalue weighted by Gasteiger charge is -2.30. The molecule has 1 aliphatic carbocycles. The number of anilines is 1. The SMILES string of the molecule is CNc1nc(C2CCC(C(F)(F)F)CC2)c(-c2ccc(Cl)nc2)c(=O)[nH]1. The van der Waals surface area contributed by atoms with Crippen LogP contribution in [-0.2, 0) is 0 Å². The number of hydrogen-bond donors (Lipinski definition) is 2. The predicted octanol–water partition coefficient (Wildman–Crippen LogP) is 4.36. The summed E-state index contributed by atoms with van der Waals surface area (Å²) in [6, 6.07) is 3.22. The number of nitrogens with one attached hydrogen (secondary N) is 2. The van der Waals surface area contributed by atoms with Crippen molar-refractivity contribution < 1.29 is 13.2 Å². The van der Waals surface area contributed by atoms with Crippen molar-refractivity contribution >= 4 is 17.5 Å². The Labute approximate surface area is 153 Å². The van der Waals surface area contributed by atoms with E-state index in [2.05, 4.69) is 20.3 Å². The molecule has 140 valence electrons. The molecule has 1 saturated carbocycles. The highest BCUT2D eigenvalue weighted by Crippen LogP contribution is 2.43. The van der Waals surface area contributed by atoms with Crippen molar-refractivity contribution in [3.8, 4) is 11.1 Å². The summed E-state index contributed by atoms with van der Waals surface area (Å²) in [6.45, 7) is 0. The number of hydrogen-bond acceptors (Lipinski definition) is 4. The third-order valence-corrected chi connectivity index (χ3v) is 5.00. The molecule has 9 heteroatoms. The number of nitrogens with zero attached hydrogens (tertiary/aromatic N) is 2. The van der Waals surface area contributed by atoms with Crippen molar-refractivity contribution in [1.29, 1.82) is 0 Å². The van der Waals surface area contributed by atoms with Crippen LogP contribution < -0.4 is 10.9 Å². The van der Waals surface area contributed by atoms with E-state index in [0.29, 0.717) is 29.7 Å². The molecule has 2 N–H and O–H groups in total. The average molecular weight is 387 g/mol. The van der Waals surface area contributed by atoms with Gasteiger partial charge in [0.05, 0.1) is 17.2 Å². The summed E-state index contributed by atoms with van der Waals surface area (Å²) in [5, 5.41) is 3.07. The molecule has 0 atom stereocenters. The van der Waals surface area contributed by atoms with Gasteiger partial charge in [0, 0.05) is 24.7 Å². The lowest BCUT2D eigenvalue weighted by molar-refractivity contribution is -0.182. The molecule has 0 radical (unpaired) electrons. The largest absolute Gasteiger partial charge is 0.391 e. The first-order valence-corrected chi connectivity index (χ1v) is 8.68. The maximum absolute atomic E-state index is 12.9. The summed E-state index contributed by atoms with van der Waals surface area (Å²) in [7, 11) is 1.62. The molecular formula is C17H18ClF3N4O. The summed E-state index contributed by atoms with van der Waals surface area (Å²) in [5.74, 6) is -1.22. The second-order valence-electron chi connectivity index (χ2n) is 6.38. The van der Waals surface area contributed by atoms with E-state index in [-0.39, 0.29) is 35.4 Å². The number of H-pyrrole nitrogens is 1. The Kier molecular flexibility index (Phi) is 5.22. The second kappa shape index (κ2) is 7.26. The maximum Gasteiger partial charge on any atom is 0.391 e. The summed E-state index contributed by atoms with van der Waals surface area (Å²) < 4.78 is 38.8. The molecule has 2 aromatic rings. The third-order valence-electron chi connectivity index (χ3n) is 4.78. The monoisotopic (exact) mass is 386 g/mol. The van der Waals surface area contributed by atoms with Gasteiger partial charge in [-0.1, -0.05) is 11.6 Å². The van der Waals surface area contributed by atoms with Gasteiger partial charge >= 0.3 is 6.18 Å². The first-order valence-electron chi connectivity index (χ1n) is 8.30. The van der Waals surface area contributed by atoms with Crippen LogP contribution in [-0.4, -0.2) is 28.2 Å². The van der Waals surface area contributed by atoms with Gasteiger partial charge < -0.3 is 5.32 Å². The second-order valence-corrected chi connectivity index (χ2v) is 6.77. The minimum absolute atomic E-state index is 0.0375. The van der Waals surface area contributed by atoms with Crippen LogP contribution in [0.5, 0.6) is 0 Å². The molecule has 3 rings (SSSR count). The third kappa shape index (κ3) is 3.85. The van der Waals surface area contributed by atoms with Gasteiger partial charge in [0.25, 0.3) is 5.56 Å². The van der Waals surface area contributed by atoms with Crippen molar-refractivity contribution in [2.75, 3.05) is 12.4 Å². The first kappa shape index (κ1) is 18.7. The predicted molar refractivity (Wildman–Crippen MR) is 93.4 cm³/mol. The van der Waals surface area contributed by atoms with E-state index in [1.807, 2.05) is 0 Å². The molecule has 5 nitrogen and oxygen atoms in total. The van der Waals surface area contributed by atoms with Gasteiger partial charge in [-0.15, -0.1) is 0 Å². The smallest absolute Gasteiger partial charge is 0.359 e. The van der Waals surface area contributed by atoms with Gasteiger partial charge in [-0.2, -0.15) is 13.2 Å². The topological polar surface area (TPSA) is 70.7 Å². The van der Waals surface area contributed by atoms with E-state index in [1.165, 1.54) is 6.20 Å². The zero-order chi connectivity index (χ0) is 18.9. The number of alkyl halides is 3. The highest BCUT2D eigenvalue weighted by atomic mass is 35.5. The highest BCUT2D eigenvalue weighted by molar-refractivity contribution is 6.29. The van der Waals surface area contributed by atoms with Crippen molar-refractivity contribution in [3.63, 3.8) is 0 Å². The number of halogens is 4. The Hall–Kier alpha value is -2.09. The lowest BCUT2D eigenvalue weighted by Crippen LogP contribution is -2.28. The van der Waals surface area contributed by atoms with Crippen LogP contribution >= 0.6 is 11.6 Å². The van der Waals surface area contributed by atoms with Gasteiger partial charge in [-0.05, 0) is 37.8 Å². The maximum atomic E-state index is 12.9. The van der Waals surface area contributed by atoms with Gasteiger partial charge in [-0.25, -0.2) is 9.97 Å². The molecule has 1 fully saturated rings. The van der Waals surface area contributed by atoms with Crippen LogP contribution in [0.15, 0.2) is 23.1 Å². The minimum Gasteiger partial charge on any atom is -0.359 e. The number of pyridine rings is 1. The Bertz CT molecular complexity index is 827. The number of rotatable bonds is 3. The molecule has 0 spiro atoms. The standard InChI is InChI=1S/C17H18ClF3N4O/c1-22-16-24-14(9-2-5-11(6-3-9)17(19,20)21)13(15(26)25-16)10-4-7-12(18)23-8-10/h4,7-9,11H,2-3,5-6H2,1H3,(H2,22,24,25,26). The van der Waals surface area contributed by atoms with Crippen LogP contribution in [0, 0.1) is 5.92 Å². The fourth-order valence-corrected chi connectivity index (χ4v) is 3.51. The van der Waals surface area contributed by atoms with Crippen molar-refractivity contribution in [2.45, 2.75) is 37.8 Å². The molecule has 2 heterocycles. The highest BCUT2D eigenvalue weighted by Gasteiger charge is 2.42. The summed E-state index contributed by atoms with van der Waals surface area (Å²) >= 11 is 5.80. The van der Waals surface area contributed by atoms with E-state index < -0.39 is 12.1 Å². The molecule has 26 heavy (non-hydrogen) atoms. The van der Waals surface area contributed by atoms with Crippen molar-refractivity contribution in [2.24, 2.45) is 5.92 Å². The average Bonchev–Trinajstić information content (AvgIpc) is 2.61. The van der Waals surface area contributed by atoms with Crippen LogP contribution in [0.1, 0.15) is 37.3 Å². The summed E-state index contributed by atoms with van der Waals surface area (Å²) in [4.78, 5) is 23.7. The molecule has 1 aliphatic rings. The van der Waals surface area contributed by atoms with E-state index in [4.69, 9.17) is 11.6 Å². The first-order chi connectivity index (χ1) is 12.3. The summed E-state index contributed by atoms with van der Waals surface area (Å²) in [5.41, 5.74) is 1.02. The van der Waals surface area contributed by atoms with E-state index >= 15 is 0 Å². The quantitative estimate of drug-likeness (QED) is 0.769. The van der Waals surface area contributed by atoms with Gasteiger partial charge in [0.1, 0.15) is 5.15 Å². The molecule has 0 unspecified atom stereocenters. The van der Waals surface area contributed by atoms with Crippen molar-refractivity contribution in [1.82, 2.24) is 15.0 Å². The van der Waals surface area contributed by atoms with Gasteiger partial charge in [0.2, 0.25) is 5.95 Å². The zero-order valence-corrected chi connectivity index (χ0v) is 14.8. The Morgan fingerprint density at radius 1 is 1.23 bits per heavy atom. The van der Waals surface area contributed by atoms with Crippen LogP contribution in [0.4, 0.5) is 19.1 Å². The molecule has 0 aromatic carbocycles. The molecular weight excluding hydrogens is 369 g/mol. The van der Waals surface area contributed by atoms with Gasteiger partial charge in [0.15, 0.2) is 0 Å². The Morgan fingerprint density at radius 2 is 1.92 bits per heavy atom. The lowest BCUT2D eigenvalue weighted by atomic mass is 9.78. The number of aromatic nitrogens is 3. The fourth-order valence-electron chi connectivity index (χ4n) is 3.40. The zero-order valence-electron chi connectivity index (χ0n) is 14.0. The molecule has 0 amide bonds. The van der Waals surface area contributed by atoms with E-state index in [1.54, 1.807) is 19.2 Å². The van der Waals surface area contributed by atoms with Crippen LogP contribution in [0.2, 0.25) is 5.15 Å². The van der Waals surface area contributed by atoms with Crippen molar-refractivity contribution in [3.05, 3.63) is 39.5 Å². The van der Waals surface area contributed by atoms with Crippen LogP contribution in [0.25, 0.3) is 11.1 Å². The molecule has 0 saturated heterocycles. The molecule has 2 aromatic heterocycles.